The van der Waals surface area contributed by atoms with Crippen LogP contribution in [-0.2, 0) is 0 Å². The van der Waals surface area contributed by atoms with E-state index in [1.54, 1.807) is 12.4 Å². The molecule has 1 aromatic rings. The van der Waals surface area contributed by atoms with E-state index in [4.69, 9.17) is 0 Å². The Balaban J connectivity index is 1.38. The first-order valence-electron chi connectivity index (χ1n) is 7.87. The number of carbonyl (C=O) groups excluding carboxylic acids is 1. The molecule has 4 rings (SSSR count). The fourth-order valence-corrected chi connectivity index (χ4v) is 3.88. The van der Waals surface area contributed by atoms with Crippen LogP contribution in [0.4, 0.5) is 10.7 Å². The molecule has 0 spiro atoms. The average molecular weight is 287 g/mol. The summed E-state index contributed by atoms with van der Waals surface area (Å²) in [6, 6.07) is 2.10. The molecule has 6 heteroatoms. The van der Waals surface area contributed by atoms with Crippen LogP contribution in [0.1, 0.15) is 12.8 Å². The molecule has 112 valence electrons. The highest BCUT2D eigenvalue weighted by molar-refractivity contribution is 5.75. The van der Waals surface area contributed by atoms with Gasteiger partial charge in [0.1, 0.15) is 0 Å². The normalized spacial score (nSPS) is 28.3. The molecule has 0 saturated carbocycles. The Bertz CT molecular complexity index is 502. The summed E-state index contributed by atoms with van der Waals surface area (Å²) in [6.07, 6.45) is 5.90. The number of amides is 2. The molecule has 21 heavy (non-hydrogen) atoms. The third-order valence-corrected chi connectivity index (χ3v) is 4.97. The molecule has 0 radical (unpaired) electrons. The van der Waals surface area contributed by atoms with Crippen LogP contribution in [0, 0.1) is 11.8 Å². The Morgan fingerprint density at radius 3 is 2.19 bits per heavy atom. The molecule has 0 N–H and O–H groups in total. The van der Waals surface area contributed by atoms with E-state index >= 15 is 0 Å². The fourth-order valence-electron chi connectivity index (χ4n) is 3.88. The summed E-state index contributed by atoms with van der Waals surface area (Å²) in [6.45, 7) is 5.60. The van der Waals surface area contributed by atoms with Crippen LogP contribution < -0.4 is 4.90 Å². The van der Waals surface area contributed by atoms with Gasteiger partial charge in [0.2, 0.25) is 5.95 Å². The predicted octanol–water partition coefficient (Wildman–Crippen LogP) is 1.06. The van der Waals surface area contributed by atoms with Crippen molar-refractivity contribution in [2.45, 2.75) is 12.8 Å². The van der Waals surface area contributed by atoms with Gasteiger partial charge >= 0.3 is 6.03 Å². The lowest BCUT2D eigenvalue weighted by molar-refractivity contribution is 0.170. The van der Waals surface area contributed by atoms with Crippen molar-refractivity contribution < 1.29 is 4.79 Å². The molecule has 2 atom stereocenters. The zero-order chi connectivity index (χ0) is 14.2. The van der Waals surface area contributed by atoms with Gasteiger partial charge in [0, 0.05) is 63.5 Å². The van der Waals surface area contributed by atoms with Crippen LogP contribution in [0.2, 0.25) is 0 Å². The van der Waals surface area contributed by atoms with Gasteiger partial charge in [-0.2, -0.15) is 0 Å². The maximum absolute atomic E-state index is 12.4. The Labute approximate surface area is 124 Å². The first-order valence-corrected chi connectivity index (χ1v) is 7.87. The maximum atomic E-state index is 12.4. The number of fused-ring (bicyclic) bond motifs is 1. The number of hydrogen-bond donors (Lipinski definition) is 0. The second-order valence-corrected chi connectivity index (χ2v) is 6.36. The van der Waals surface area contributed by atoms with E-state index in [1.807, 2.05) is 11.0 Å². The van der Waals surface area contributed by atoms with Gasteiger partial charge in [0.05, 0.1) is 0 Å². The Kier molecular flexibility index (Phi) is 3.16. The van der Waals surface area contributed by atoms with Gasteiger partial charge in [-0.05, 0) is 18.9 Å². The first kappa shape index (κ1) is 12.9. The number of urea groups is 1. The highest BCUT2D eigenvalue weighted by atomic mass is 16.2. The molecule has 0 aromatic carbocycles. The summed E-state index contributed by atoms with van der Waals surface area (Å²) in [5.74, 6) is 1.96. The van der Waals surface area contributed by atoms with E-state index in [9.17, 15) is 4.79 Å². The second kappa shape index (κ2) is 5.16. The van der Waals surface area contributed by atoms with Crippen molar-refractivity contribution in [2.75, 3.05) is 44.2 Å². The lowest BCUT2D eigenvalue weighted by Crippen LogP contribution is -2.42. The maximum Gasteiger partial charge on any atom is 0.320 e. The van der Waals surface area contributed by atoms with E-state index < -0.39 is 0 Å². The van der Waals surface area contributed by atoms with Gasteiger partial charge < -0.3 is 14.7 Å². The molecule has 4 heterocycles. The van der Waals surface area contributed by atoms with Crippen molar-refractivity contribution in [3.8, 4) is 0 Å². The molecule has 3 aliphatic heterocycles. The summed E-state index contributed by atoms with van der Waals surface area (Å²) in [4.78, 5) is 27.4. The zero-order valence-electron chi connectivity index (χ0n) is 12.2. The van der Waals surface area contributed by atoms with Gasteiger partial charge in [0.25, 0.3) is 0 Å². The lowest BCUT2D eigenvalue weighted by Gasteiger charge is -2.26. The number of nitrogens with zero attached hydrogens (tertiary/aromatic N) is 5. The van der Waals surface area contributed by atoms with Crippen molar-refractivity contribution in [1.82, 2.24) is 19.8 Å². The summed E-state index contributed by atoms with van der Waals surface area (Å²) >= 11 is 0. The smallest absolute Gasteiger partial charge is 0.320 e. The Morgan fingerprint density at radius 2 is 1.57 bits per heavy atom. The molecule has 0 unspecified atom stereocenters. The Hall–Kier alpha value is -1.85. The molecule has 0 bridgehead atoms. The first-order chi connectivity index (χ1) is 10.3. The van der Waals surface area contributed by atoms with Crippen LogP contribution in [0.5, 0.6) is 0 Å². The van der Waals surface area contributed by atoms with Gasteiger partial charge in [-0.25, -0.2) is 14.8 Å². The molecular formula is C15H21N5O. The molecule has 3 fully saturated rings. The van der Waals surface area contributed by atoms with Crippen molar-refractivity contribution in [2.24, 2.45) is 11.8 Å². The quantitative estimate of drug-likeness (QED) is 0.775. The molecule has 6 nitrogen and oxygen atoms in total. The van der Waals surface area contributed by atoms with Crippen molar-refractivity contribution in [1.29, 1.82) is 0 Å². The van der Waals surface area contributed by atoms with Gasteiger partial charge in [-0.1, -0.05) is 0 Å². The average Bonchev–Trinajstić information content (AvgIpc) is 3.23. The molecular weight excluding hydrogens is 266 g/mol. The summed E-state index contributed by atoms with van der Waals surface area (Å²) in [5, 5.41) is 0. The molecule has 3 aliphatic rings. The topological polar surface area (TPSA) is 52.6 Å². The number of rotatable bonds is 1. The summed E-state index contributed by atoms with van der Waals surface area (Å²) in [5.41, 5.74) is 0. The second-order valence-electron chi connectivity index (χ2n) is 6.36. The predicted molar refractivity (Wildman–Crippen MR) is 79.0 cm³/mol. The molecule has 2 amide bonds. The van der Waals surface area contributed by atoms with Crippen molar-refractivity contribution in [3.63, 3.8) is 0 Å². The largest absolute Gasteiger partial charge is 0.340 e. The molecule has 0 aliphatic carbocycles. The number of aromatic nitrogens is 2. The van der Waals surface area contributed by atoms with Crippen molar-refractivity contribution in [3.05, 3.63) is 18.5 Å². The fraction of sp³-hybridized carbons (Fsp3) is 0.667. The van der Waals surface area contributed by atoms with E-state index in [-0.39, 0.29) is 6.03 Å². The van der Waals surface area contributed by atoms with Gasteiger partial charge in [0.15, 0.2) is 0 Å². The van der Waals surface area contributed by atoms with Crippen molar-refractivity contribution >= 4 is 12.0 Å². The molecule has 1 aromatic heterocycles. The molecule has 3 saturated heterocycles. The van der Waals surface area contributed by atoms with E-state index in [0.29, 0.717) is 11.8 Å². The number of carbonyl (C=O) groups is 1. The van der Waals surface area contributed by atoms with Gasteiger partial charge in [-0.3, -0.25) is 0 Å². The minimum atomic E-state index is 0.254. The highest BCUT2D eigenvalue weighted by Gasteiger charge is 2.43. The SMILES string of the molecule is O=C(N1CCCC1)N1C[C@@H]2CN(c3ncccn3)C[C@@H]2C1. The standard InChI is InChI=1S/C15H21N5O/c21-15(18-6-1-2-7-18)20-10-12-8-19(9-13(12)11-20)14-16-4-3-5-17-14/h3-5,12-13H,1-2,6-11H2/t12-,13+. The summed E-state index contributed by atoms with van der Waals surface area (Å²) in [7, 11) is 0. The van der Waals surface area contributed by atoms with E-state index in [0.717, 1.165) is 58.1 Å². The van der Waals surface area contributed by atoms with Gasteiger partial charge in [-0.15, -0.1) is 0 Å². The lowest BCUT2D eigenvalue weighted by atomic mass is 10.0. The third kappa shape index (κ3) is 2.32. The van der Waals surface area contributed by atoms with E-state index in [2.05, 4.69) is 19.8 Å². The summed E-state index contributed by atoms with van der Waals surface area (Å²) < 4.78 is 0. The van der Waals surface area contributed by atoms with Crippen LogP contribution in [0.25, 0.3) is 0 Å². The highest BCUT2D eigenvalue weighted by Crippen LogP contribution is 2.33. The van der Waals surface area contributed by atoms with Crippen LogP contribution in [-0.4, -0.2) is 65.1 Å². The number of anilines is 1. The third-order valence-electron chi connectivity index (χ3n) is 4.97. The minimum absolute atomic E-state index is 0.254. The number of hydrogen-bond acceptors (Lipinski definition) is 4. The zero-order valence-corrected chi connectivity index (χ0v) is 12.2. The van der Waals surface area contributed by atoms with Crippen LogP contribution in [0.15, 0.2) is 18.5 Å². The Morgan fingerprint density at radius 1 is 0.952 bits per heavy atom. The van der Waals surface area contributed by atoms with Crippen LogP contribution in [0.3, 0.4) is 0 Å². The van der Waals surface area contributed by atoms with E-state index in [1.165, 1.54) is 0 Å². The minimum Gasteiger partial charge on any atom is -0.340 e. The van der Waals surface area contributed by atoms with Crippen LogP contribution >= 0.6 is 0 Å². The monoisotopic (exact) mass is 287 g/mol. The number of likely N-dealkylation sites (tertiary alicyclic amines) is 2.